The second kappa shape index (κ2) is 4.55. The topological polar surface area (TPSA) is 56.2 Å². The fourth-order valence-electron chi connectivity index (χ4n) is 1.79. The maximum Gasteiger partial charge on any atom is 0.272 e. The van der Waals surface area contributed by atoms with Crippen LogP contribution in [0.15, 0.2) is 0 Å². The first-order valence-electron chi connectivity index (χ1n) is 5.72. The van der Waals surface area contributed by atoms with Gasteiger partial charge in [-0.1, -0.05) is 6.92 Å². The molecule has 5 heteroatoms. The summed E-state index contributed by atoms with van der Waals surface area (Å²) in [6.07, 6.45) is 1.87. The minimum absolute atomic E-state index is 0.107. The maximum atomic E-state index is 11.8. The Hall–Kier alpha value is -1.52. The van der Waals surface area contributed by atoms with Gasteiger partial charge in [0.05, 0.1) is 6.61 Å². The third kappa shape index (κ3) is 1.89. The van der Waals surface area contributed by atoms with Gasteiger partial charge in [-0.15, -0.1) is 0 Å². The lowest BCUT2D eigenvalue weighted by Gasteiger charge is -2.14. The molecule has 5 nitrogen and oxygen atoms in total. The normalized spacial score (nSPS) is 14.1. The highest BCUT2D eigenvalue weighted by molar-refractivity contribution is 5.94. The van der Waals surface area contributed by atoms with Crippen molar-refractivity contribution in [2.75, 3.05) is 13.2 Å². The molecule has 88 valence electrons. The minimum atomic E-state index is -0.107. The van der Waals surface area contributed by atoms with E-state index in [1.165, 1.54) is 0 Å². The summed E-state index contributed by atoms with van der Waals surface area (Å²) in [7, 11) is 0. The summed E-state index contributed by atoms with van der Waals surface area (Å²) in [5, 5.41) is 7.11. The lowest BCUT2D eigenvalue weighted by molar-refractivity contribution is 0.0947. The predicted octanol–water partition coefficient (Wildman–Crippen LogP) is 1.11. The average Bonchev–Trinajstić information content (AvgIpc) is 2.64. The number of carbonyl (C=O) groups excluding carboxylic acids is 1. The lowest BCUT2D eigenvalue weighted by Crippen LogP contribution is -2.25. The number of nitrogens with zero attached hydrogens (tertiary/aromatic N) is 2. The summed E-state index contributed by atoms with van der Waals surface area (Å²) in [6.45, 7) is 6.13. The van der Waals surface area contributed by atoms with Gasteiger partial charge < -0.3 is 10.1 Å². The van der Waals surface area contributed by atoms with Crippen LogP contribution in [0.4, 0.5) is 0 Å². The Bertz CT molecular complexity index is 398. The third-order valence-electron chi connectivity index (χ3n) is 2.63. The molecule has 2 rings (SSSR count). The van der Waals surface area contributed by atoms with Crippen LogP contribution in [0.2, 0.25) is 0 Å². The molecule has 0 aliphatic carbocycles. The van der Waals surface area contributed by atoms with E-state index >= 15 is 0 Å². The summed E-state index contributed by atoms with van der Waals surface area (Å²) in [6, 6.07) is 0. The number of amides is 1. The van der Waals surface area contributed by atoms with E-state index in [0.29, 0.717) is 18.8 Å². The first-order chi connectivity index (χ1) is 7.74. The highest BCUT2D eigenvalue weighted by Crippen LogP contribution is 2.24. The fourth-order valence-corrected chi connectivity index (χ4v) is 1.79. The molecule has 0 radical (unpaired) electrons. The SMILES string of the molecule is CCCNC(=O)c1nn2c(c1C)OCCC2. The first kappa shape index (κ1) is 11.0. The highest BCUT2D eigenvalue weighted by Gasteiger charge is 2.22. The Balaban J connectivity index is 2.21. The van der Waals surface area contributed by atoms with Crippen LogP contribution in [0, 0.1) is 6.92 Å². The van der Waals surface area contributed by atoms with E-state index in [9.17, 15) is 4.79 Å². The number of hydrogen-bond acceptors (Lipinski definition) is 3. The van der Waals surface area contributed by atoms with Crippen molar-refractivity contribution in [2.24, 2.45) is 0 Å². The van der Waals surface area contributed by atoms with Crippen LogP contribution in [0.5, 0.6) is 5.88 Å². The maximum absolute atomic E-state index is 11.8. The zero-order valence-corrected chi connectivity index (χ0v) is 9.75. The summed E-state index contributed by atoms with van der Waals surface area (Å²) in [4.78, 5) is 11.8. The van der Waals surface area contributed by atoms with Crippen LogP contribution in [0.1, 0.15) is 35.8 Å². The highest BCUT2D eigenvalue weighted by atomic mass is 16.5. The molecule has 0 unspecified atom stereocenters. The van der Waals surface area contributed by atoms with Crippen molar-refractivity contribution in [1.29, 1.82) is 0 Å². The Kier molecular flexibility index (Phi) is 3.12. The van der Waals surface area contributed by atoms with Gasteiger partial charge in [0.25, 0.3) is 5.91 Å². The quantitative estimate of drug-likeness (QED) is 0.835. The molecule has 0 spiro atoms. The number of rotatable bonds is 3. The number of ether oxygens (including phenoxy) is 1. The van der Waals surface area contributed by atoms with E-state index in [0.717, 1.165) is 30.8 Å². The third-order valence-corrected chi connectivity index (χ3v) is 2.63. The van der Waals surface area contributed by atoms with E-state index < -0.39 is 0 Å². The Morgan fingerprint density at radius 3 is 3.12 bits per heavy atom. The molecule has 0 saturated heterocycles. The van der Waals surface area contributed by atoms with Gasteiger partial charge in [-0.3, -0.25) is 4.79 Å². The largest absolute Gasteiger partial charge is 0.478 e. The van der Waals surface area contributed by atoms with Gasteiger partial charge in [-0.2, -0.15) is 5.10 Å². The van der Waals surface area contributed by atoms with E-state index in [1.54, 1.807) is 4.68 Å². The van der Waals surface area contributed by atoms with Crippen LogP contribution in [0.25, 0.3) is 0 Å². The molecule has 0 aromatic carbocycles. The van der Waals surface area contributed by atoms with Crippen molar-refractivity contribution in [2.45, 2.75) is 33.2 Å². The van der Waals surface area contributed by atoms with Crippen molar-refractivity contribution < 1.29 is 9.53 Å². The number of nitrogens with one attached hydrogen (secondary N) is 1. The molecule has 1 aliphatic heterocycles. The summed E-state index contributed by atoms with van der Waals surface area (Å²) in [5.41, 5.74) is 1.33. The van der Waals surface area contributed by atoms with Gasteiger partial charge in [-0.05, 0) is 13.3 Å². The molecule has 1 amide bonds. The van der Waals surface area contributed by atoms with Crippen molar-refractivity contribution >= 4 is 5.91 Å². The number of hydrogen-bond donors (Lipinski definition) is 1. The smallest absolute Gasteiger partial charge is 0.272 e. The van der Waals surface area contributed by atoms with E-state index in [1.807, 2.05) is 13.8 Å². The predicted molar refractivity (Wildman–Crippen MR) is 59.7 cm³/mol. The Labute approximate surface area is 94.8 Å². The van der Waals surface area contributed by atoms with E-state index in [4.69, 9.17) is 4.74 Å². The first-order valence-corrected chi connectivity index (χ1v) is 5.72. The molecule has 0 atom stereocenters. The minimum Gasteiger partial charge on any atom is -0.478 e. The van der Waals surface area contributed by atoms with E-state index in [-0.39, 0.29) is 5.91 Å². The van der Waals surface area contributed by atoms with Crippen LogP contribution < -0.4 is 10.1 Å². The zero-order chi connectivity index (χ0) is 11.5. The zero-order valence-electron chi connectivity index (χ0n) is 9.75. The van der Waals surface area contributed by atoms with Crippen LogP contribution in [0.3, 0.4) is 0 Å². The second-order valence-electron chi connectivity index (χ2n) is 3.96. The molecular formula is C11H17N3O2. The summed E-state index contributed by atoms with van der Waals surface area (Å²) >= 11 is 0. The standard InChI is InChI=1S/C11H17N3O2/c1-3-5-12-10(15)9-8(2)11-14(13-9)6-4-7-16-11/h3-7H2,1-2H3,(H,12,15). The molecule has 16 heavy (non-hydrogen) atoms. The second-order valence-corrected chi connectivity index (χ2v) is 3.96. The Morgan fingerprint density at radius 1 is 1.62 bits per heavy atom. The molecule has 1 aliphatic rings. The summed E-state index contributed by atoms with van der Waals surface area (Å²) < 4.78 is 7.29. The van der Waals surface area contributed by atoms with Crippen LogP contribution >= 0.6 is 0 Å². The molecule has 2 heterocycles. The van der Waals surface area contributed by atoms with Gasteiger partial charge in [0.2, 0.25) is 5.88 Å². The fraction of sp³-hybridized carbons (Fsp3) is 0.636. The van der Waals surface area contributed by atoms with Crippen LogP contribution in [-0.4, -0.2) is 28.8 Å². The van der Waals surface area contributed by atoms with Gasteiger partial charge >= 0.3 is 0 Å². The molecule has 0 fully saturated rings. The average molecular weight is 223 g/mol. The van der Waals surface area contributed by atoms with Crippen LogP contribution in [-0.2, 0) is 6.54 Å². The molecule has 1 aromatic heterocycles. The van der Waals surface area contributed by atoms with Gasteiger partial charge in [0.1, 0.15) is 0 Å². The Morgan fingerprint density at radius 2 is 2.44 bits per heavy atom. The van der Waals surface area contributed by atoms with Crippen molar-refractivity contribution in [3.05, 3.63) is 11.3 Å². The lowest BCUT2D eigenvalue weighted by atomic mass is 10.2. The molecule has 0 bridgehead atoms. The van der Waals surface area contributed by atoms with Crippen molar-refractivity contribution in [3.8, 4) is 5.88 Å². The number of aromatic nitrogens is 2. The van der Waals surface area contributed by atoms with Gasteiger partial charge in [0.15, 0.2) is 5.69 Å². The van der Waals surface area contributed by atoms with E-state index in [2.05, 4.69) is 10.4 Å². The number of aryl methyl sites for hydroxylation is 1. The number of carbonyl (C=O) groups is 1. The van der Waals surface area contributed by atoms with Gasteiger partial charge in [0, 0.05) is 25.1 Å². The van der Waals surface area contributed by atoms with Crippen molar-refractivity contribution in [1.82, 2.24) is 15.1 Å². The van der Waals surface area contributed by atoms with Gasteiger partial charge in [-0.25, -0.2) is 4.68 Å². The molecular weight excluding hydrogens is 206 g/mol. The molecule has 1 aromatic rings. The number of fused-ring (bicyclic) bond motifs is 1. The summed E-state index contributed by atoms with van der Waals surface area (Å²) in [5.74, 6) is 0.637. The monoisotopic (exact) mass is 223 g/mol. The molecule has 1 N–H and O–H groups in total. The van der Waals surface area contributed by atoms with Crippen molar-refractivity contribution in [3.63, 3.8) is 0 Å². The molecule has 0 saturated carbocycles.